The summed E-state index contributed by atoms with van der Waals surface area (Å²) in [6.45, 7) is 20.3. The fourth-order valence-corrected chi connectivity index (χ4v) is 1.85. The summed E-state index contributed by atoms with van der Waals surface area (Å²) in [6.07, 6.45) is 1.92. The predicted molar refractivity (Wildman–Crippen MR) is 77.4 cm³/mol. The first kappa shape index (κ1) is 16.6. The summed E-state index contributed by atoms with van der Waals surface area (Å²) in [5.74, 6) is 0.687. The van der Waals surface area contributed by atoms with E-state index in [-0.39, 0.29) is 10.5 Å². The summed E-state index contributed by atoms with van der Waals surface area (Å²) in [6, 6.07) is 0. The molecule has 0 aliphatic carbocycles. The lowest BCUT2D eigenvalue weighted by Crippen LogP contribution is -2.40. The molecule has 0 bridgehead atoms. The number of hydrogen-bond acceptors (Lipinski definition) is 2. The van der Waals surface area contributed by atoms with Crippen LogP contribution < -0.4 is 0 Å². The van der Waals surface area contributed by atoms with E-state index in [0.717, 1.165) is 0 Å². The molecular weight excluding hydrogens is 228 g/mol. The van der Waals surface area contributed by atoms with Gasteiger partial charge in [0, 0.05) is 0 Å². The first-order valence-corrected chi connectivity index (χ1v) is 9.28. The highest BCUT2D eigenvalue weighted by Crippen LogP contribution is 2.38. The topological polar surface area (TPSA) is 18.5 Å². The molecule has 0 saturated carbocycles. The van der Waals surface area contributed by atoms with E-state index in [0.29, 0.717) is 12.6 Å². The normalized spacial score (nSPS) is 14.8. The Kier molecular flexibility index (Phi) is 5.32. The van der Waals surface area contributed by atoms with Gasteiger partial charge in [0.1, 0.15) is 0 Å². The molecule has 17 heavy (non-hydrogen) atoms. The third kappa shape index (κ3) is 6.15. The van der Waals surface area contributed by atoms with E-state index in [1.165, 1.54) is 0 Å². The van der Waals surface area contributed by atoms with Crippen molar-refractivity contribution in [1.82, 2.24) is 0 Å². The zero-order valence-corrected chi connectivity index (χ0v) is 14.1. The standard InChI is InChI=1S/C14H30O2Si/c1-10-12(15-11-13(2,3)4)16-17(8,9)14(5,6)7/h10H,11H2,1-9H3/b12-10+. The summed E-state index contributed by atoms with van der Waals surface area (Å²) in [5, 5.41) is 0.201. The van der Waals surface area contributed by atoms with Crippen LogP contribution in [-0.2, 0) is 9.16 Å². The monoisotopic (exact) mass is 258 g/mol. The van der Waals surface area contributed by atoms with E-state index in [1.54, 1.807) is 0 Å². The van der Waals surface area contributed by atoms with Crippen LogP contribution in [0.5, 0.6) is 0 Å². The second-order valence-electron chi connectivity index (χ2n) is 7.32. The minimum Gasteiger partial charge on any atom is -0.519 e. The summed E-state index contributed by atoms with van der Waals surface area (Å²) in [4.78, 5) is 0. The largest absolute Gasteiger partial charge is 0.519 e. The van der Waals surface area contributed by atoms with Gasteiger partial charge in [0.2, 0.25) is 0 Å². The van der Waals surface area contributed by atoms with Gasteiger partial charge in [0.15, 0.2) is 0 Å². The zero-order chi connectivity index (χ0) is 13.9. The number of rotatable bonds is 4. The molecule has 0 amide bonds. The van der Waals surface area contributed by atoms with Crippen LogP contribution in [-0.4, -0.2) is 14.9 Å². The molecule has 0 aromatic carbocycles. The zero-order valence-electron chi connectivity index (χ0n) is 13.1. The maximum Gasteiger partial charge on any atom is 0.260 e. The van der Waals surface area contributed by atoms with Crippen molar-refractivity contribution in [3.05, 3.63) is 12.0 Å². The van der Waals surface area contributed by atoms with Crippen LogP contribution in [0.4, 0.5) is 0 Å². The third-order valence-corrected chi connectivity index (χ3v) is 7.37. The lowest BCUT2D eigenvalue weighted by atomic mass is 9.99. The molecule has 0 radical (unpaired) electrons. The maximum atomic E-state index is 6.12. The molecule has 0 rings (SSSR count). The first-order chi connectivity index (χ1) is 7.39. The third-order valence-electron chi connectivity index (χ3n) is 3.05. The molecule has 0 N–H and O–H groups in total. The van der Waals surface area contributed by atoms with Gasteiger partial charge in [-0.05, 0) is 36.5 Å². The second-order valence-corrected chi connectivity index (χ2v) is 12.0. The van der Waals surface area contributed by atoms with Gasteiger partial charge in [0.25, 0.3) is 14.3 Å². The van der Waals surface area contributed by atoms with E-state index in [4.69, 9.17) is 9.16 Å². The molecule has 102 valence electrons. The Balaban J connectivity index is 4.54. The van der Waals surface area contributed by atoms with Crippen LogP contribution in [0.1, 0.15) is 48.5 Å². The Labute approximate surface area is 109 Å². The average molecular weight is 258 g/mol. The van der Waals surface area contributed by atoms with Crippen molar-refractivity contribution in [2.45, 2.75) is 66.6 Å². The Morgan fingerprint density at radius 1 is 1.06 bits per heavy atom. The van der Waals surface area contributed by atoms with E-state index in [9.17, 15) is 0 Å². The average Bonchev–Trinajstić information content (AvgIpc) is 2.08. The molecule has 0 fully saturated rings. The van der Waals surface area contributed by atoms with Crippen molar-refractivity contribution < 1.29 is 9.16 Å². The lowest BCUT2D eigenvalue weighted by molar-refractivity contribution is 0.0524. The molecule has 0 heterocycles. The van der Waals surface area contributed by atoms with Crippen LogP contribution in [0.25, 0.3) is 0 Å². The van der Waals surface area contributed by atoms with Crippen molar-refractivity contribution in [1.29, 1.82) is 0 Å². The smallest absolute Gasteiger partial charge is 0.260 e. The fraction of sp³-hybridized carbons (Fsp3) is 0.857. The van der Waals surface area contributed by atoms with E-state index >= 15 is 0 Å². The highest BCUT2D eigenvalue weighted by Gasteiger charge is 2.39. The quantitative estimate of drug-likeness (QED) is 0.525. The van der Waals surface area contributed by atoms with Gasteiger partial charge >= 0.3 is 0 Å². The van der Waals surface area contributed by atoms with Gasteiger partial charge in [-0.2, -0.15) is 0 Å². The highest BCUT2D eigenvalue weighted by molar-refractivity contribution is 6.74. The SMILES string of the molecule is C/C=C(\OCC(C)(C)C)O[Si](C)(C)C(C)(C)C. The van der Waals surface area contributed by atoms with Crippen molar-refractivity contribution in [2.24, 2.45) is 5.41 Å². The first-order valence-electron chi connectivity index (χ1n) is 6.37. The Bertz CT molecular complexity index is 267. The minimum atomic E-state index is -1.78. The van der Waals surface area contributed by atoms with Crippen LogP contribution in [0, 0.1) is 5.41 Å². The molecule has 0 aromatic heterocycles. The molecule has 0 aromatic rings. The van der Waals surface area contributed by atoms with Gasteiger partial charge in [0.05, 0.1) is 6.61 Å². The lowest BCUT2D eigenvalue weighted by Gasteiger charge is -2.37. The van der Waals surface area contributed by atoms with Gasteiger partial charge in [-0.25, -0.2) is 0 Å². The molecule has 0 saturated heterocycles. The van der Waals surface area contributed by atoms with Gasteiger partial charge in [-0.1, -0.05) is 41.5 Å². The number of allylic oxidation sites excluding steroid dienone is 1. The summed E-state index contributed by atoms with van der Waals surface area (Å²) in [7, 11) is -1.78. The molecule has 0 spiro atoms. The minimum absolute atomic E-state index is 0.158. The predicted octanol–water partition coefficient (Wildman–Crippen LogP) is 4.93. The van der Waals surface area contributed by atoms with Crippen molar-refractivity contribution in [3.63, 3.8) is 0 Å². The number of ether oxygens (including phenoxy) is 1. The van der Waals surface area contributed by atoms with Crippen LogP contribution in [0.3, 0.4) is 0 Å². The fourth-order valence-electron chi connectivity index (χ4n) is 0.864. The Hall–Kier alpha value is -0.443. The van der Waals surface area contributed by atoms with Gasteiger partial charge in [-0.3, -0.25) is 0 Å². The molecule has 0 unspecified atom stereocenters. The van der Waals surface area contributed by atoms with Crippen LogP contribution >= 0.6 is 0 Å². The van der Waals surface area contributed by atoms with E-state index in [2.05, 4.69) is 54.6 Å². The molecular formula is C14H30O2Si. The number of hydrogen-bond donors (Lipinski definition) is 0. The maximum absolute atomic E-state index is 6.12. The van der Waals surface area contributed by atoms with E-state index in [1.807, 2.05) is 13.0 Å². The molecule has 2 nitrogen and oxygen atoms in total. The van der Waals surface area contributed by atoms with Gasteiger partial charge in [-0.15, -0.1) is 0 Å². The Morgan fingerprint density at radius 3 is 1.82 bits per heavy atom. The van der Waals surface area contributed by atoms with Gasteiger partial charge < -0.3 is 9.16 Å². The van der Waals surface area contributed by atoms with Crippen LogP contribution in [0.15, 0.2) is 12.0 Å². The molecule has 3 heteroatoms. The summed E-state index contributed by atoms with van der Waals surface area (Å²) >= 11 is 0. The van der Waals surface area contributed by atoms with Crippen molar-refractivity contribution in [3.8, 4) is 0 Å². The summed E-state index contributed by atoms with van der Waals surface area (Å²) < 4.78 is 11.9. The van der Waals surface area contributed by atoms with E-state index < -0.39 is 8.32 Å². The molecule has 0 aliphatic heterocycles. The Morgan fingerprint density at radius 2 is 1.53 bits per heavy atom. The van der Waals surface area contributed by atoms with Crippen LogP contribution in [0.2, 0.25) is 18.1 Å². The summed E-state index contributed by atoms with van der Waals surface area (Å²) in [5.41, 5.74) is 0.158. The molecule has 0 aliphatic rings. The highest BCUT2D eigenvalue weighted by atomic mass is 28.4. The van der Waals surface area contributed by atoms with Crippen molar-refractivity contribution >= 4 is 8.32 Å². The molecule has 0 atom stereocenters. The second kappa shape index (κ2) is 5.47. The van der Waals surface area contributed by atoms with Crippen molar-refractivity contribution in [2.75, 3.05) is 6.61 Å².